The summed E-state index contributed by atoms with van der Waals surface area (Å²) in [6.07, 6.45) is 0.00529. The highest BCUT2D eigenvalue weighted by Gasteiger charge is 2.29. The van der Waals surface area contributed by atoms with Crippen molar-refractivity contribution in [2.45, 2.75) is 19.4 Å². The SMILES string of the molecule is COC(=O)C[C@@H](C)[C@@H](NC(=O)c1ccccc1)C(=O)OC. The van der Waals surface area contributed by atoms with Gasteiger partial charge in [-0.1, -0.05) is 25.1 Å². The topological polar surface area (TPSA) is 81.7 Å². The van der Waals surface area contributed by atoms with Gasteiger partial charge in [0.05, 0.1) is 20.6 Å². The molecule has 0 radical (unpaired) electrons. The Kier molecular flexibility index (Phi) is 6.39. The van der Waals surface area contributed by atoms with E-state index in [2.05, 4.69) is 14.8 Å². The Morgan fingerprint density at radius 1 is 1.10 bits per heavy atom. The van der Waals surface area contributed by atoms with Gasteiger partial charge in [0.25, 0.3) is 5.91 Å². The van der Waals surface area contributed by atoms with Crippen LogP contribution in [-0.2, 0) is 19.1 Å². The summed E-state index contributed by atoms with van der Waals surface area (Å²) in [6.45, 7) is 1.67. The van der Waals surface area contributed by atoms with Crippen molar-refractivity contribution in [1.29, 1.82) is 0 Å². The molecule has 0 saturated heterocycles. The van der Waals surface area contributed by atoms with Crippen molar-refractivity contribution in [1.82, 2.24) is 5.32 Å². The van der Waals surface area contributed by atoms with Gasteiger partial charge in [-0.05, 0) is 18.1 Å². The van der Waals surface area contributed by atoms with Crippen molar-refractivity contribution in [2.24, 2.45) is 5.92 Å². The van der Waals surface area contributed by atoms with Crippen LogP contribution in [-0.4, -0.2) is 38.1 Å². The molecule has 0 spiro atoms. The normalized spacial score (nSPS) is 12.9. The molecule has 0 aliphatic rings. The van der Waals surface area contributed by atoms with E-state index in [1.54, 1.807) is 37.3 Å². The Hall–Kier alpha value is -2.37. The average Bonchev–Trinajstić information content (AvgIpc) is 2.52. The lowest BCUT2D eigenvalue weighted by Crippen LogP contribution is -2.46. The fraction of sp³-hybridized carbons (Fsp3) is 0.400. The smallest absolute Gasteiger partial charge is 0.328 e. The molecule has 0 heterocycles. The Morgan fingerprint density at radius 3 is 2.24 bits per heavy atom. The number of methoxy groups -OCH3 is 2. The number of carbonyl (C=O) groups excluding carboxylic acids is 3. The lowest BCUT2D eigenvalue weighted by Gasteiger charge is -2.22. The zero-order valence-corrected chi connectivity index (χ0v) is 12.3. The molecule has 1 aromatic rings. The van der Waals surface area contributed by atoms with E-state index in [9.17, 15) is 14.4 Å². The number of ether oxygens (including phenoxy) is 2. The van der Waals surface area contributed by atoms with E-state index in [0.717, 1.165) is 0 Å². The first-order valence-electron chi connectivity index (χ1n) is 6.50. The number of nitrogens with one attached hydrogen (secondary N) is 1. The van der Waals surface area contributed by atoms with Gasteiger partial charge in [-0.15, -0.1) is 0 Å². The fourth-order valence-corrected chi connectivity index (χ4v) is 1.84. The van der Waals surface area contributed by atoms with Crippen LogP contribution in [0.4, 0.5) is 0 Å². The molecular weight excluding hydrogens is 274 g/mol. The van der Waals surface area contributed by atoms with E-state index in [0.29, 0.717) is 5.56 Å². The van der Waals surface area contributed by atoms with Crippen molar-refractivity contribution in [2.75, 3.05) is 14.2 Å². The molecule has 0 aliphatic carbocycles. The summed E-state index contributed by atoms with van der Waals surface area (Å²) in [5, 5.41) is 2.59. The maximum absolute atomic E-state index is 12.1. The minimum Gasteiger partial charge on any atom is -0.469 e. The maximum atomic E-state index is 12.1. The monoisotopic (exact) mass is 293 g/mol. The summed E-state index contributed by atoms with van der Waals surface area (Å²) < 4.78 is 9.25. The number of carbonyl (C=O) groups is 3. The highest BCUT2D eigenvalue weighted by molar-refractivity contribution is 5.96. The molecular formula is C15H19NO5. The zero-order valence-electron chi connectivity index (χ0n) is 12.3. The quantitative estimate of drug-likeness (QED) is 0.796. The van der Waals surface area contributed by atoms with Gasteiger partial charge in [-0.25, -0.2) is 4.79 Å². The average molecular weight is 293 g/mol. The largest absolute Gasteiger partial charge is 0.469 e. The number of amides is 1. The van der Waals surface area contributed by atoms with E-state index in [1.807, 2.05) is 0 Å². The van der Waals surface area contributed by atoms with Gasteiger partial charge in [-0.2, -0.15) is 0 Å². The molecule has 1 amide bonds. The van der Waals surface area contributed by atoms with Crippen LogP contribution in [0, 0.1) is 5.92 Å². The molecule has 21 heavy (non-hydrogen) atoms. The summed E-state index contributed by atoms with van der Waals surface area (Å²) in [7, 11) is 2.50. The van der Waals surface area contributed by atoms with Gasteiger partial charge in [0, 0.05) is 5.56 Å². The minimum atomic E-state index is -0.915. The zero-order chi connectivity index (χ0) is 15.8. The summed E-state index contributed by atoms with van der Waals surface area (Å²) >= 11 is 0. The molecule has 114 valence electrons. The number of benzene rings is 1. The van der Waals surface area contributed by atoms with Gasteiger partial charge in [0.1, 0.15) is 6.04 Å². The van der Waals surface area contributed by atoms with Crippen molar-refractivity contribution in [3.8, 4) is 0 Å². The van der Waals surface area contributed by atoms with Gasteiger partial charge in [0.15, 0.2) is 0 Å². The molecule has 0 fully saturated rings. The van der Waals surface area contributed by atoms with Crippen LogP contribution in [0.5, 0.6) is 0 Å². The van der Waals surface area contributed by atoms with E-state index < -0.39 is 29.8 Å². The lowest BCUT2D eigenvalue weighted by molar-refractivity contribution is -0.146. The lowest BCUT2D eigenvalue weighted by atomic mass is 9.98. The molecule has 1 aromatic carbocycles. The van der Waals surface area contributed by atoms with Gasteiger partial charge >= 0.3 is 11.9 Å². The van der Waals surface area contributed by atoms with Crippen LogP contribution in [0.3, 0.4) is 0 Å². The molecule has 2 atom stereocenters. The van der Waals surface area contributed by atoms with Crippen LogP contribution in [0.25, 0.3) is 0 Å². The maximum Gasteiger partial charge on any atom is 0.328 e. The Labute approximate surface area is 123 Å². The van der Waals surface area contributed by atoms with Gasteiger partial charge < -0.3 is 14.8 Å². The highest BCUT2D eigenvalue weighted by Crippen LogP contribution is 2.12. The minimum absolute atomic E-state index is 0.00529. The molecule has 0 unspecified atom stereocenters. The number of hydrogen-bond donors (Lipinski definition) is 1. The van der Waals surface area contributed by atoms with E-state index >= 15 is 0 Å². The van der Waals surface area contributed by atoms with Crippen LogP contribution in [0.2, 0.25) is 0 Å². The second-order valence-electron chi connectivity index (χ2n) is 4.60. The van der Waals surface area contributed by atoms with Crippen LogP contribution in [0.1, 0.15) is 23.7 Å². The molecule has 0 aromatic heterocycles. The standard InChI is InChI=1S/C15H19NO5/c1-10(9-12(17)20-2)13(15(19)21-3)16-14(18)11-7-5-4-6-8-11/h4-8,10,13H,9H2,1-3H3,(H,16,18)/t10-,13-/m1/s1. The molecule has 1 rings (SSSR count). The van der Waals surface area contributed by atoms with E-state index in [4.69, 9.17) is 0 Å². The first-order valence-corrected chi connectivity index (χ1v) is 6.50. The third-order valence-electron chi connectivity index (χ3n) is 3.06. The number of hydrogen-bond acceptors (Lipinski definition) is 5. The second-order valence-corrected chi connectivity index (χ2v) is 4.60. The van der Waals surface area contributed by atoms with E-state index in [1.165, 1.54) is 14.2 Å². The van der Waals surface area contributed by atoms with Crippen molar-refractivity contribution < 1.29 is 23.9 Å². The third-order valence-corrected chi connectivity index (χ3v) is 3.06. The molecule has 6 heteroatoms. The molecule has 1 N–H and O–H groups in total. The Bertz CT molecular complexity index is 500. The first-order chi connectivity index (χ1) is 9.99. The molecule has 0 saturated carbocycles. The summed E-state index contributed by atoms with van der Waals surface area (Å²) in [5.74, 6) is -1.90. The van der Waals surface area contributed by atoms with Crippen LogP contribution >= 0.6 is 0 Å². The molecule has 6 nitrogen and oxygen atoms in total. The fourth-order valence-electron chi connectivity index (χ4n) is 1.84. The Morgan fingerprint density at radius 2 is 1.71 bits per heavy atom. The Balaban J connectivity index is 2.81. The van der Waals surface area contributed by atoms with Crippen molar-refractivity contribution in [3.05, 3.63) is 35.9 Å². The predicted octanol–water partition coefficient (Wildman–Crippen LogP) is 1.16. The summed E-state index contributed by atoms with van der Waals surface area (Å²) in [6, 6.07) is 7.58. The first kappa shape index (κ1) is 16.7. The second kappa shape index (κ2) is 8.04. The molecule has 0 bridgehead atoms. The predicted molar refractivity (Wildman–Crippen MR) is 75.5 cm³/mol. The van der Waals surface area contributed by atoms with Gasteiger partial charge in [-0.3, -0.25) is 9.59 Å². The highest BCUT2D eigenvalue weighted by atomic mass is 16.5. The molecule has 0 aliphatic heterocycles. The van der Waals surface area contributed by atoms with E-state index in [-0.39, 0.29) is 6.42 Å². The summed E-state index contributed by atoms with van der Waals surface area (Å²) in [4.78, 5) is 35.2. The van der Waals surface area contributed by atoms with Crippen molar-refractivity contribution >= 4 is 17.8 Å². The number of rotatable bonds is 6. The van der Waals surface area contributed by atoms with Crippen LogP contribution in [0.15, 0.2) is 30.3 Å². The summed E-state index contributed by atoms with van der Waals surface area (Å²) in [5.41, 5.74) is 0.427. The van der Waals surface area contributed by atoms with Gasteiger partial charge in [0.2, 0.25) is 0 Å². The van der Waals surface area contributed by atoms with Crippen molar-refractivity contribution in [3.63, 3.8) is 0 Å². The van der Waals surface area contributed by atoms with Crippen LogP contribution < -0.4 is 5.32 Å². The third kappa shape index (κ3) is 4.91. The number of esters is 2.